The number of likely N-dealkylation sites (tertiary alicyclic amines) is 1. The smallest absolute Gasteiger partial charge is 0.308 e. The van der Waals surface area contributed by atoms with E-state index in [9.17, 15) is 9.59 Å². The number of carbonyl (C=O) groups is 2. The molecule has 1 saturated heterocycles. The largest absolute Gasteiger partial charge is 0.481 e. The standard InChI is InChI=1S/C13H15NO3/c15-12(10-5-2-1-3-6-10)14-8-4-7-11(9-14)13(16)17/h1-3,5-6,11H,4,7-9H2,(H,16,17)/t11-/m1/s1. The highest BCUT2D eigenvalue weighted by atomic mass is 16.4. The van der Waals surface area contributed by atoms with Crippen LogP contribution < -0.4 is 0 Å². The van der Waals surface area contributed by atoms with Crippen molar-refractivity contribution in [1.29, 1.82) is 0 Å². The van der Waals surface area contributed by atoms with E-state index in [1.807, 2.05) is 18.2 Å². The Kier molecular flexibility index (Phi) is 3.42. The molecule has 2 rings (SSSR count). The Morgan fingerprint density at radius 2 is 1.94 bits per heavy atom. The fourth-order valence-corrected chi connectivity index (χ4v) is 2.13. The third kappa shape index (κ3) is 2.64. The highest BCUT2D eigenvalue weighted by molar-refractivity contribution is 5.94. The summed E-state index contributed by atoms with van der Waals surface area (Å²) in [6.07, 6.45) is 1.42. The number of amides is 1. The summed E-state index contributed by atoms with van der Waals surface area (Å²) in [7, 11) is 0. The van der Waals surface area contributed by atoms with Crippen molar-refractivity contribution in [2.24, 2.45) is 5.92 Å². The van der Waals surface area contributed by atoms with Gasteiger partial charge in [-0.25, -0.2) is 0 Å². The molecule has 4 nitrogen and oxygen atoms in total. The number of piperidine rings is 1. The van der Waals surface area contributed by atoms with Crippen LogP contribution in [0.2, 0.25) is 0 Å². The zero-order valence-electron chi connectivity index (χ0n) is 9.50. The highest BCUT2D eigenvalue weighted by Crippen LogP contribution is 2.18. The molecule has 1 fully saturated rings. The van der Waals surface area contributed by atoms with E-state index in [0.29, 0.717) is 25.1 Å². The Bertz CT molecular complexity index is 416. The maximum absolute atomic E-state index is 12.1. The Balaban J connectivity index is 2.07. The van der Waals surface area contributed by atoms with Crippen LogP contribution in [0.15, 0.2) is 30.3 Å². The van der Waals surface area contributed by atoms with Crippen molar-refractivity contribution in [3.8, 4) is 0 Å². The number of hydrogen-bond donors (Lipinski definition) is 1. The second-order valence-electron chi connectivity index (χ2n) is 4.29. The number of carbonyl (C=O) groups excluding carboxylic acids is 1. The van der Waals surface area contributed by atoms with Gasteiger partial charge in [0.1, 0.15) is 0 Å². The minimum absolute atomic E-state index is 0.0726. The average Bonchev–Trinajstić information content (AvgIpc) is 2.39. The number of rotatable bonds is 2. The van der Waals surface area contributed by atoms with Gasteiger partial charge in [0.05, 0.1) is 5.92 Å². The Morgan fingerprint density at radius 1 is 1.24 bits per heavy atom. The van der Waals surface area contributed by atoms with Gasteiger partial charge in [0.25, 0.3) is 5.91 Å². The van der Waals surface area contributed by atoms with E-state index in [-0.39, 0.29) is 5.91 Å². The molecular formula is C13H15NO3. The Hall–Kier alpha value is -1.84. The number of carboxylic acids is 1. The Labute approximate surface area is 99.9 Å². The van der Waals surface area contributed by atoms with Crippen LogP contribution in [0.25, 0.3) is 0 Å². The van der Waals surface area contributed by atoms with Crippen LogP contribution in [0, 0.1) is 5.92 Å². The van der Waals surface area contributed by atoms with E-state index < -0.39 is 11.9 Å². The van der Waals surface area contributed by atoms with Crippen molar-refractivity contribution < 1.29 is 14.7 Å². The van der Waals surface area contributed by atoms with Gasteiger partial charge >= 0.3 is 5.97 Å². The number of nitrogens with zero attached hydrogens (tertiary/aromatic N) is 1. The van der Waals surface area contributed by atoms with Gasteiger partial charge in [-0.05, 0) is 25.0 Å². The van der Waals surface area contributed by atoms with Gasteiger partial charge in [0.15, 0.2) is 0 Å². The van der Waals surface area contributed by atoms with Crippen LogP contribution in [0.5, 0.6) is 0 Å². The van der Waals surface area contributed by atoms with Crippen LogP contribution in [0.4, 0.5) is 0 Å². The molecule has 0 radical (unpaired) electrons. The number of benzene rings is 1. The van der Waals surface area contributed by atoms with Gasteiger partial charge in [-0.15, -0.1) is 0 Å². The van der Waals surface area contributed by atoms with Crippen LogP contribution in [-0.4, -0.2) is 35.0 Å². The first-order valence-corrected chi connectivity index (χ1v) is 5.75. The van der Waals surface area contributed by atoms with Crippen LogP contribution in [0.3, 0.4) is 0 Å². The van der Waals surface area contributed by atoms with E-state index >= 15 is 0 Å². The summed E-state index contributed by atoms with van der Waals surface area (Å²) in [6.45, 7) is 0.973. The minimum Gasteiger partial charge on any atom is -0.481 e. The quantitative estimate of drug-likeness (QED) is 0.844. The predicted molar refractivity (Wildman–Crippen MR) is 62.7 cm³/mol. The number of hydrogen-bond acceptors (Lipinski definition) is 2. The van der Waals surface area contributed by atoms with Crippen molar-refractivity contribution in [2.75, 3.05) is 13.1 Å². The lowest BCUT2D eigenvalue weighted by molar-refractivity contribution is -0.143. The third-order valence-corrected chi connectivity index (χ3v) is 3.08. The number of aliphatic carboxylic acids is 1. The van der Waals surface area contributed by atoms with Gasteiger partial charge in [0.2, 0.25) is 0 Å². The SMILES string of the molecule is O=C(O)[C@@H]1CCCN(C(=O)c2ccccc2)C1. The Morgan fingerprint density at radius 3 is 2.59 bits per heavy atom. The second-order valence-corrected chi connectivity index (χ2v) is 4.29. The summed E-state index contributed by atoms with van der Waals surface area (Å²) >= 11 is 0. The molecule has 1 aliphatic heterocycles. The summed E-state index contributed by atoms with van der Waals surface area (Å²) in [5.41, 5.74) is 0.624. The lowest BCUT2D eigenvalue weighted by Crippen LogP contribution is -2.42. The second kappa shape index (κ2) is 4.99. The molecule has 0 aliphatic carbocycles. The summed E-state index contributed by atoms with van der Waals surface area (Å²) < 4.78 is 0. The molecule has 4 heteroatoms. The zero-order chi connectivity index (χ0) is 12.3. The average molecular weight is 233 g/mol. The molecule has 0 unspecified atom stereocenters. The highest BCUT2D eigenvalue weighted by Gasteiger charge is 2.28. The molecule has 1 amide bonds. The molecule has 0 spiro atoms. The van der Waals surface area contributed by atoms with Gasteiger partial charge < -0.3 is 10.0 Å². The first-order valence-electron chi connectivity index (χ1n) is 5.75. The fraction of sp³-hybridized carbons (Fsp3) is 0.385. The van der Waals surface area contributed by atoms with Crippen molar-refractivity contribution in [3.63, 3.8) is 0 Å². The normalized spacial score (nSPS) is 20.0. The molecule has 1 heterocycles. The molecule has 1 aromatic rings. The molecule has 1 aliphatic rings. The van der Waals surface area contributed by atoms with Crippen LogP contribution in [-0.2, 0) is 4.79 Å². The van der Waals surface area contributed by atoms with E-state index in [1.54, 1.807) is 17.0 Å². The molecule has 17 heavy (non-hydrogen) atoms. The van der Waals surface area contributed by atoms with Crippen molar-refractivity contribution in [3.05, 3.63) is 35.9 Å². The number of carboxylic acid groups (broad SMARTS) is 1. The summed E-state index contributed by atoms with van der Waals surface area (Å²) in [6, 6.07) is 8.99. The van der Waals surface area contributed by atoms with Crippen molar-refractivity contribution >= 4 is 11.9 Å². The molecule has 1 N–H and O–H groups in total. The van der Waals surface area contributed by atoms with Crippen LogP contribution in [0.1, 0.15) is 23.2 Å². The maximum Gasteiger partial charge on any atom is 0.308 e. The summed E-state index contributed by atoms with van der Waals surface area (Å²) in [5, 5.41) is 8.97. The molecule has 1 atom stereocenters. The summed E-state index contributed by atoms with van der Waals surface area (Å²) in [5.74, 6) is -1.30. The first kappa shape index (κ1) is 11.6. The van der Waals surface area contributed by atoms with E-state index in [2.05, 4.69) is 0 Å². The zero-order valence-corrected chi connectivity index (χ0v) is 9.50. The molecule has 1 aromatic carbocycles. The topological polar surface area (TPSA) is 57.6 Å². The van der Waals surface area contributed by atoms with Gasteiger partial charge in [-0.3, -0.25) is 9.59 Å². The van der Waals surface area contributed by atoms with Crippen molar-refractivity contribution in [1.82, 2.24) is 4.90 Å². The lowest BCUT2D eigenvalue weighted by Gasteiger charge is -2.30. The third-order valence-electron chi connectivity index (χ3n) is 3.08. The van der Waals surface area contributed by atoms with Crippen LogP contribution >= 0.6 is 0 Å². The van der Waals surface area contributed by atoms with E-state index in [1.165, 1.54) is 0 Å². The minimum atomic E-state index is -0.810. The fourth-order valence-electron chi connectivity index (χ4n) is 2.13. The predicted octanol–water partition coefficient (Wildman–Crippen LogP) is 1.62. The first-order chi connectivity index (χ1) is 8.18. The maximum atomic E-state index is 12.1. The lowest BCUT2D eigenvalue weighted by atomic mass is 9.97. The van der Waals surface area contributed by atoms with E-state index in [0.717, 1.165) is 6.42 Å². The van der Waals surface area contributed by atoms with Gasteiger partial charge in [-0.2, -0.15) is 0 Å². The summed E-state index contributed by atoms with van der Waals surface area (Å²) in [4.78, 5) is 24.7. The van der Waals surface area contributed by atoms with Gasteiger partial charge in [-0.1, -0.05) is 18.2 Å². The monoisotopic (exact) mass is 233 g/mol. The molecule has 0 aromatic heterocycles. The molecule has 0 bridgehead atoms. The van der Waals surface area contributed by atoms with Gasteiger partial charge in [0, 0.05) is 18.7 Å². The van der Waals surface area contributed by atoms with E-state index in [4.69, 9.17) is 5.11 Å². The molecular weight excluding hydrogens is 218 g/mol. The van der Waals surface area contributed by atoms with Crippen molar-refractivity contribution in [2.45, 2.75) is 12.8 Å². The molecule has 90 valence electrons. The molecule has 0 saturated carbocycles.